The molecule has 0 fully saturated rings. The SMILES string of the molecule is C[CH]=[Zr]([Cl])([Cl])([CH]1C(CC)=Cc2c(-c3ccc(C(F)(F)F)cc3)cccc21)[CH]1C(CC)=Cc2c(-c3ccc(C(F)(F)F)cc3)cccc21. The summed E-state index contributed by atoms with van der Waals surface area (Å²) in [5, 5.41) is 0. The van der Waals surface area contributed by atoms with Crippen LogP contribution in [0.1, 0.15) is 74.2 Å². The molecule has 0 bridgehead atoms. The van der Waals surface area contributed by atoms with Crippen molar-refractivity contribution in [1.82, 2.24) is 0 Å². The molecule has 0 amide bonds. The van der Waals surface area contributed by atoms with Crippen LogP contribution in [0.4, 0.5) is 26.3 Å². The summed E-state index contributed by atoms with van der Waals surface area (Å²) >= 11 is -5.21. The van der Waals surface area contributed by atoms with E-state index < -0.39 is 39.4 Å². The normalized spacial score (nSPS) is 18.0. The van der Waals surface area contributed by atoms with Crippen LogP contribution in [0.15, 0.2) is 96.1 Å². The van der Waals surface area contributed by atoms with E-state index in [4.69, 9.17) is 17.0 Å². The summed E-state index contributed by atoms with van der Waals surface area (Å²) in [5.41, 5.74) is 7.48. The third kappa shape index (κ3) is 5.75. The molecule has 0 nitrogen and oxygen atoms in total. The molecule has 4 aromatic carbocycles. The molecule has 2 aliphatic carbocycles. The first kappa shape index (κ1) is 34.1. The van der Waals surface area contributed by atoms with Crippen molar-refractivity contribution in [2.45, 2.75) is 53.2 Å². The molecular weight excluding hydrogens is 733 g/mol. The van der Waals surface area contributed by atoms with Crippen LogP contribution in [0.25, 0.3) is 34.4 Å². The van der Waals surface area contributed by atoms with Crippen LogP contribution in [-0.2, 0) is 28.3 Å². The zero-order valence-corrected chi connectivity index (χ0v) is 29.9. The van der Waals surface area contributed by atoms with Crippen LogP contribution in [0.2, 0.25) is 0 Å². The Morgan fingerprint density at radius 2 is 0.957 bits per heavy atom. The maximum absolute atomic E-state index is 13.3. The van der Waals surface area contributed by atoms with Crippen molar-refractivity contribution in [3.8, 4) is 22.3 Å². The van der Waals surface area contributed by atoms with Crippen molar-refractivity contribution in [3.05, 3.63) is 129 Å². The second-order valence-corrected chi connectivity index (χ2v) is 33.7. The maximum atomic E-state index is 13.3. The topological polar surface area (TPSA) is 0 Å². The molecule has 0 aliphatic heterocycles. The van der Waals surface area contributed by atoms with Gasteiger partial charge in [-0.3, -0.25) is 0 Å². The van der Waals surface area contributed by atoms with Crippen molar-refractivity contribution >= 4 is 32.9 Å². The van der Waals surface area contributed by atoms with E-state index in [0.29, 0.717) is 24.0 Å². The summed E-state index contributed by atoms with van der Waals surface area (Å²) in [6.45, 7) is 6.05. The minimum absolute atomic E-state index is 0.292. The van der Waals surface area contributed by atoms with Crippen LogP contribution in [-0.4, -0.2) is 3.71 Å². The summed E-state index contributed by atoms with van der Waals surface area (Å²) in [6.07, 6.45) is -3.28. The molecule has 0 heterocycles. The molecule has 0 saturated carbocycles. The number of alkyl halides is 6. The van der Waals surface area contributed by atoms with E-state index in [0.717, 1.165) is 68.8 Å². The van der Waals surface area contributed by atoms with Crippen LogP contribution in [0, 0.1) is 0 Å². The van der Waals surface area contributed by atoms with Gasteiger partial charge in [0, 0.05) is 0 Å². The number of rotatable bonds is 6. The summed E-state index contributed by atoms with van der Waals surface area (Å²) in [4.78, 5) is 0. The summed E-state index contributed by atoms with van der Waals surface area (Å²) in [6, 6.07) is 22.1. The van der Waals surface area contributed by atoms with Crippen LogP contribution < -0.4 is 0 Å². The zero-order chi connectivity index (χ0) is 34.0. The zero-order valence-electron chi connectivity index (χ0n) is 25.9. The molecule has 244 valence electrons. The molecule has 4 aromatic rings. The van der Waals surface area contributed by atoms with Crippen LogP contribution >= 0.6 is 17.0 Å². The van der Waals surface area contributed by atoms with Gasteiger partial charge in [0.1, 0.15) is 0 Å². The number of benzene rings is 4. The average molecular weight is 765 g/mol. The van der Waals surface area contributed by atoms with Crippen molar-refractivity contribution in [2.75, 3.05) is 0 Å². The van der Waals surface area contributed by atoms with Gasteiger partial charge in [0.25, 0.3) is 0 Å². The van der Waals surface area contributed by atoms with Gasteiger partial charge in [-0.15, -0.1) is 0 Å². The van der Waals surface area contributed by atoms with E-state index in [9.17, 15) is 26.3 Å². The first-order valence-electron chi connectivity index (χ1n) is 15.5. The fourth-order valence-electron chi connectivity index (χ4n) is 7.52. The molecule has 0 N–H and O–H groups in total. The second-order valence-electron chi connectivity index (χ2n) is 12.3. The predicted octanol–water partition coefficient (Wildman–Crippen LogP) is 13.3. The van der Waals surface area contributed by atoms with Gasteiger partial charge in [-0.05, 0) is 0 Å². The van der Waals surface area contributed by atoms with Crippen molar-refractivity contribution in [1.29, 1.82) is 0 Å². The van der Waals surface area contributed by atoms with E-state index in [1.54, 1.807) is 0 Å². The molecule has 2 atom stereocenters. The Hall–Kier alpha value is -2.73. The molecule has 6 rings (SSSR count). The Morgan fingerprint density at radius 3 is 1.26 bits per heavy atom. The molecular formula is C38H32Cl2F6Zr. The number of allylic oxidation sites excluding steroid dienone is 2. The molecule has 9 heteroatoms. The third-order valence-electron chi connectivity index (χ3n) is 9.82. The number of fused-ring (bicyclic) bond motifs is 2. The van der Waals surface area contributed by atoms with E-state index in [-0.39, 0.29) is 7.25 Å². The summed E-state index contributed by atoms with van der Waals surface area (Å²) < 4.78 is 81.4. The van der Waals surface area contributed by atoms with Crippen molar-refractivity contribution < 1.29 is 42.3 Å². The van der Waals surface area contributed by atoms with E-state index >= 15 is 0 Å². The summed E-state index contributed by atoms with van der Waals surface area (Å²) in [5.74, 6) is 0. The number of halogens is 8. The Bertz CT molecular complexity index is 1860. The van der Waals surface area contributed by atoms with Gasteiger partial charge in [-0.1, -0.05) is 0 Å². The molecule has 2 unspecified atom stereocenters. The predicted molar refractivity (Wildman–Crippen MR) is 179 cm³/mol. The fraction of sp³-hybridized carbons (Fsp3) is 0.237. The molecule has 0 radical (unpaired) electrons. The van der Waals surface area contributed by atoms with Gasteiger partial charge in [-0.2, -0.15) is 0 Å². The first-order valence-corrected chi connectivity index (χ1v) is 26.1. The molecule has 2 aliphatic rings. The van der Waals surface area contributed by atoms with Gasteiger partial charge in [0.15, 0.2) is 0 Å². The van der Waals surface area contributed by atoms with Gasteiger partial charge in [-0.25, -0.2) is 0 Å². The van der Waals surface area contributed by atoms with Crippen LogP contribution in [0.3, 0.4) is 0 Å². The Labute approximate surface area is 278 Å². The van der Waals surface area contributed by atoms with Crippen LogP contribution in [0.5, 0.6) is 0 Å². The van der Waals surface area contributed by atoms with E-state index in [1.807, 2.05) is 47.0 Å². The van der Waals surface area contributed by atoms with Crippen molar-refractivity contribution in [3.63, 3.8) is 0 Å². The molecule has 0 saturated heterocycles. The second kappa shape index (κ2) is 12.0. The number of hydrogen-bond acceptors (Lipinski definition) is 0. The van der Waals surface area contributed by atoms with Gasteiger partial charge >= 0.3 is 280 Å². The molecule has 0 spiro atoms. The van der Waals surface area contributed by atoms with Gasteiger partial charge in [0.05, 0.1) is 0 Å². The third-order valence-corrected chi connectivity index (χ3v) is 29.1. The standard InChI is InChI=1S/2C18H14F3.C2H4.2ClH.Zr/c2*1-2-12-10-14-4-3-5-16(17(14)11-12)13-6-8-15(9-7-13)18(19,20)21;1-2;;;/h2*3-11H,2H2,1H3;1H,2H3;2*1H;/q;;;;;+2/p-2. The first-order chi connectivity index (χ1) is 22.1. The molecule has 47 heavy (non-hydrogen) atoms. The van der Waals surface area contributed by atoms with E-state index in [2.05, 4.69) is 26.0 Å². The monoisotopic (exact) mass is 762 g/mol. The molecule has 0 aromatic heterocycles. The van der Waals surface area contributed by atoms with Crippen molar-refractivity contribution in [2.24, 2.45) is 0 Å². The fourth-order valence-corrected chi connectivity index (χ4v) is 25.1. The minimum atomic E-state index is -5.21. The Morgan fingerprint density at radius 1 is 0.596 bits per heavy atom. The van der Waals surface area contributed by atoms with Gasteiger partial charge < -0.3 is 0 Å². The Kier molecular flexibility index (Phi) is 8.72. The summed E-state index contributed by atoms with van der Waals surface area (Å²) in [7, 11) is 16.2. The number of hydrogen-bond donors (Lipinski definition) is 0. The average Bonchev–Trinajstić information content (AvgIpc) is 3.64. The Balaban J connectivity index is 1.50. The van der Waals surface area contributed by atoms with E-state index in [1.165, 1.54) is 24.3 Å². The quantitative estimate of drug-likeness (QED) is 0.172. The van der Waals surface area contributed by atoms with Gasteiger partial charge in [0.2, 0.25) is 0 Å².